The van der Waals surface area contributed by atoms with Gasteiger partial charge < -0.3 is 0 Å². The van der Waals surface area contributed by atoms with Crippen molar-refractivity contribution in [2.24, 2.45) is 0 Å². The summed E-state index contributed by atoms with van der Waals surface area (Å²) in [5.41, 5.74) is 1.03. The third kappa shape index (κ3) is 4.43. The molecule has 0 aliphatic carbocycles. The second kappa shape index (κ2) is 9.08. The fraction of sp³-hybridized carbons (Fsp3) is 0.0370. The predicted octanol–water partition coefficient (Wildman–Crippen LogP) is 3.99. The van der Waals surface area contributed by atoms with Crippen LogP contribution >= 0.6 is 0 Å². The van der Waals surface area contributed by atoms with Gasteiger partial charge in [0.2, 0.25) is 0 Å². The second-order valence-corrected chi connectivity index (χ2v) is 17.1. The van der Waals surface area contributed by atoms with Crippen LogP contribution < -0.4 is 13.2 Å². The van der Waals surface area contributed by atoms with E-state index in [0.29, 0.717) is 4.90 Å². The molecule has 0 aliphatic rings. The fourth-order valence-electron chi connectivity index (χ4n) is 3.89. The van der Waals surface area contributed by atoms with E-state index in [4.69, 9.17) is 0 Å². The van der Waals surface area contributed by atoms with E-state index in [2.05, 4.69) is 36.4 Å². The molecule has 154 valence electrons. The van der Waals surface area contributed by atoms with Crippen LogP contribution in [-0.2, 0) is 9.84 Å². The van der Waals surface area contributed by atoms with E-state index in [0.717, 1.165) is 5.56 Å². The van der Waals surface area contributed by atoms with Crippen molar-refractivity contribution in [3.05, 3.63) is 131 Å². The van der Waals surface area contributed by atoms with E-state index in [1.807, 2.05) is 78.6 Å². The van der Waals surface area contributed by atoms with Crippen molar-refractivity contribution in [3.8, 4) is 0 Å². The number of sulfone groups is 1. The molecule has 0 saturated carbocycles. The quantitative estimate of drug-likeness (QED) is 0.388. The summed E-state index contributed by atoms with van der Waals surface area (Å²) in [6, 6.07) is 38.0. The zero-order valence-electron chi connectivity index (χ0n) is 17.3. The molecule has 4 aromatic rings. The maximum atomic E-state index is 13.2. The van der Waals surface area contributed by atoms with Gasteiger partial charge in [0.15, 0.2) is 0 Å². The fourth-order valence-corrected chi connectivity index (χ4v) is 15.2. The van der Waals surface area contributed by atoms with Gasteiger partial charge in [-0.15, -0.1) is 0 Å². The van der Waals surface area contributed by atoms with Gasteiger partial charge in [-0.05, 0) is 0 Å². The Morgan fingerprint density at radius 1 is 0.581 bits per heavy atom. The summed E-state index contributed by atoms with van der Waals surface area (Å²) in [6.45, 7) is 1.95. The first-order valence-corrected chi connectivity index (χ1v) is 16.1. The summed E-state index contributed by atoms with van der Waals surface area (Å²) in [4.78, 5) is 2.33. The monoisotopic (exact) mass is 486 g/mol. The van der Waals surface area contributed by atoms with Crippen molar-refractivity contribution < 1.29 is 8.42 Å². The Morgan fingerprint density at radius 2 is 0.968 bits per heavy atom. The minimum atomic E-state index is -3.57. The average Bonchev–Trinajstić information content (AvgIpc) is 2.82. The van der Waals surface area contributed by atoms with Gasteiger partial charge in [0, 0.05) is 0 Å². The number of aryl methyl sites for hydroxylation is 1. The third-order valence-corrected chi connectivity index (χ3v) is 16.7. The molecule has 0 bridgehead atoms. The molecule has 0 spiro atoms. The summed E-state index contributed by atoms with van der Waals surface area (Å²) in [5.74, 6) is 0. The molecule has 0 unspecified atom stereocenters. The van der Waals surface area contributed by atoms with Crippen LogP contribution in [0, 0.1) is 6.92 Å². The van der Waals surface area contributed by atoms with E-state index in [1.165, 1.54) is 18.6 Å². The second-order valence-electron chi connectivity index (χ2n) is 7.57. The molecule has 0 radical (unpaired) electrons. The van der Waals surface area contributed by atoms with E-state index in [1.54, 1.807) is 12.1 Å². The molecule has 0 atom stereocenters. The first kappa shape index (κ1) is 21.3. The molecule has 2 nitrogen and oxygen atoms in total. The first-order chi connectivity index (χ1) is 15.0. The molecule has 0 aromatic heterocycles. The predicted molar refractivity (Wildman–Crippen MR) is 131 cm³/mol. The minimum absolute atomic E-state index is 0.319. The summed E-state index contributed by atoms with van der Waals surface area (Å²) in [7, 11) is -3.57. The van der Waals surface area contributed by atoms with Gasteiger partial charge >= 0.3 is 188 Å². The van der Waals surface area contributed by atoms with Crippen LogP contribution in [0.4, 0.5) is 0 Å². The Labute approximate surface area is 187 Å². The molecule has 0 N–H and O–H groups in total. The molecule has 0 fully saturated rings. The van der Waals surface area contributed by atoms with E-state index in [9.17, 15) is 8.42 Å². The van der Waals surface area contributed by atoms with Crippen molar-refractivity contribution in [1.29, 1.82) is 0 Å². The molecule has 31 heavy (non-hydrogen) atoms. The summed E-state index contributed by atoms with van der Waals surface area (Å²) >= 11 is -3.43. The maximum absolute atomic E-state index is 13.2. The molecule has 0 heterocycles. The topological polar surface area (TPSA) is 34.1 Å². The Morgan fingerprint density at radius 3 is 1.35 bits per heavy atom. The Hall–Kier alpha value is -2.89. The number of hydrogen-bond acceptors (Lipinski definition) is 2. The van der Waals surface area contributed by atoms with E-state index < -0.39 is 23.1 Å². The van der Waals surface area contributed by atoms with Crippen molar-refractivity contribution in [1.82, 2.24) is 0 Å². The molecule has 4 heteroatoms. The summed E-state index contributed by atoms with van der Waals surface area (Å²) in [5, 5.41) is 1.44. The van der Waals surface area contributed by atoms with Gasteiger partial charge in [-0.3, -0.25) is 0 Å². The number of benzene rings is 4. The summed E-state index contributed by atoms with van der Waals surface area (Å²) < 4.78 is 30.0. The van der Waals surface area contributed by atoms with Crippen molar-refractivity contribution in [2.75, 3.05) is 0 Å². The standard InChI is InChI=1S/C27H24GeO2S/c1-23-17-19-27(20-18-23)31(29,30)22-21-28(24-11-5-2-6-12-24,25-13-7-3-8-14-25)26-15-9-4-10-16-26/h2-22H,1H3/b22-21+. The van der Waals surface area contributed by atoms with Crippen LogP contribution in [0.5, 0.6) is 0 Å². The molecule has 4 aromatic carbocycles. The third-order valence-electron chi connectivity index (χ3n) is 5.53. The van der Waals surface area contributed by atoms with Crippen LogP contribution in [0.15, 0.2) is 130 Å². The molecule has 0 saturated heterocycles. The van der Waals surface area contributed by atoms with Gasteiger partial charge in [0.05, 0.1) is 0 Å². The normalized spacial score (nSPS) is 12.2. The van der Waals surface area contributed by atoms with E-state index in [-0.39, 0.29) is 0 Å². The Bertz CT molecular complexity index is 1170. The van der Waals surface area contributed by atoms with Gasteiger partial charge in [0.25, 0.3) is 0 Å². The number of hydrogen-bond donors (Lipinski definition) is 0. The summed E-state index contributed by atoms with van der Waals surface area (Å²) in [6.07, 6.45) is 0. The average molecular weight is 485 g/mol. The van der Waals surface area contributed by atoms with Gasteiger partial charge in [-0.25, -0.2) is 0 Å². The molecular weight excluding hydrogens is 461 g/mol. The molecule has 4 rings (SSSR count). The van der Waals surface area contributed by atoms with Crippen LogP contribution in [0.1, 0.15) is 5.56 Å². The van der Waals surface area contributed by atoms with Crippen molar-refractivity contribution >= 4 is 36.3 Å². The first-order valence-electron chi connectivity index (χ1n) is 10.2. The molecule has 0 amide bonds. The van der Waals surface area contributed by atoms with E-state index >= 15 is 0 Å². The van der Waals surface area contributed by atoms with Crippen molar-refractivity contribution in [3.63, 3.8) is 0 Å². The van der Waals surface area contributed by atoms with Crippen molar-refractivity contribution in [2.45, 2.75) is 11.8 Å². The Kier molecular flexibility index (Phi) is 6.26. The SMILES string of the molecule is Cc1ccc(S(=O)(=O)/C=[CH]/[Ge]([c]2ccccc2)([c]2ccccc2)[c]2ccccc2)cc1. The molecule has 0 aliphatic heterocycles. The van der Waals surface area contributed by atoms with Crippen LogP contribution in [0.2, 0.25) is 0 Å². The van der Waals surface area contributed by atoms with Crippen LogP contribution in [0.3, 0.4) is 0 Å². The van der Waals surface area contributed by atoms with Crippen LogP contribution in [-0.4, -0.2) is 21.7 Å². The Balaban J connectivity index is 1.96. The zero-order valence-corrected chi connectivity index (χ0v) is 20.3. The van der Waals surface area contributed by atoms with Gasteiger partial charge in [-0.2, -0.15) is 0 Å². The van der Waals surface area contributed by atoms with Gasteiger partial charge in [-0.1, -0.05) is 0 Å². The zero-order chi connectivity index (χ0) is 21.7. The molecular formula is C27H24GeO2S. The van der Waals surface area contributed by atoms with Crippen LogP contribution in [0.25, 0.3) is 0 Å². The van der Waals surface area contributed by atoms with Gasteiger partial charge in [0.1, 0.15) is 0 Å². The number of rotatable bonds is 6.